The largest absolute Gasteiger partial charge is 0.416 e. The normalized spacial score (nSPS) is 19.0. The Hall–Kier alpha value is -3.10. The van der Waals surface area contributed by atoms with Crippen LogP contribution >= 0.6 is 0 Å². The summed E-state index contributed by atoms with van der Waals surface area (Å²) in [6, 6.07) is 10.8. The number of piperidine rings is 1. The topological polar surface area (TPSA) is 66.7 Å². The van der Waals surface area contributed by atoms with E-state index < -0.39 is 22.4 Å². The van der Waals surface area contributed by atoms with Crippen molar-refractivity contribution in [1.29, 1.82) is 0 Å². The number of benzene rings is 2. The van der Waals surface area contributed by atoms with Gasteiger partial charge in [0.05, 0.1) is 16.5 Å². The van der Waals surface area contributed by atoms with Crippen molar-refractivity contribution in [3.05, 3.63) is 69.3 Å². The zero-order chi connectivity index (χ0) is 23.0. The SMILES string of the molecule is CN(C(=O)C1CCN(c2ccc(C(F)(F)F)cc2[N+](=O)[O-])CC1)C1CCc2ccccc21. The van der Waals surface area contributed by atoms with Gasteiger partial charge in [-0.3, -0.25) is 14.9 Å². The fraction of sp³-hybridized carbons (Fsp3) is 0.435. The monoisotopic (exact) mass is 447 g/mol. The molecule has 1 heterocycles. The standard InChI is InChI=1S/C23H24F3N3O3/c1-27(19-8-6-15-4-2-3-5-18(15)19)22(30)16-10-12-28(13-11-16)20-9-7-17(23(24,25)26)14-21(20)29(31)32/h2-5,7,9,14,16,19H,6,8,10-13H2,1H3. The fourth-order valence-electron chi connectivity index (χ4n) is 4.86. The first kappa shape index (κ1) is 22.1. The molecule has 1 fully saturated rings. The Labute approximate surface area is 183 Å². The molecule has 1 aliphatic carbocycles. The highest BCUT2D eigenvalue weighted by Crippen LogP contribution is 2.39. The molecular formula is C23H24F3N3O3. The van der Waals surface area contributed by atoms with Gasteiger partial charge in [-0.1, -0.05) is 24.3 Å². The molecule has 9 heteroatoms. The molecular weight excluding hydrogens is 423 g/mol. The number of carbonyl (C=O) groups is 1. The molecule has 1 atom stereocenters. The molecule has 0 bridgehead atoms. The number of hydrogen-bond donors (Lipinski definition) is 0. The number of nitrogens with zero attached hydrogens (tertiary/aromatic N) is 3. The lowest BCUT2D eigenvalue weighted by Gasteiger charge is -2.36. The maximum Gasteiger partial charge on any atom is 0.416 e. The summed E-state index contributed by atoms with van der Waals surface area (Å²) < 4.78 is 38.9. The molecule has 1 amide bonds. The predicted molar refractivity (Wildman–Crippen MR) is 113 cm³/mol. The Morgan fingerprint density at radius 1 is 1.12 bits per heavy atom. The molecule has 2 aliphatic rings. The minimum Gasteiger partial charge on any atom is -0.366 e. The Morgan fingerprint density at radius 3 is 2.47 bits per heavy atom. The van der Waals surface area contributed by atoms with Crippen LogP contribution in [0.3, 0.4) is 0 Å². The number of hydrogen-bond acceptors (Lipinski definition) is 4. The van der Waals surface area contributed by atoms with Gasteiger partial charge in [0.25, 0.3) is 5.69 Å². The van der Waals surface area contributed by atoms with Crippen LogP contribution in [-0.2, 0) is 17.4 Å². The molecule has 0 spiro atoms. The number of fused-ring (bicyclic) bond motifs is 1. The van der Waals surface area contributed by atoms with Crippen LogP contribution in [-0.4, -0.2) is 35.9 Å². The van der Waals surface area contributed by atoms with Crippen LogP contribution in [0.5, 0.6) is 0 Å². The molecule has 1 unspecified atom stereocenters. The number of rotatable bonds is 4. The van der Waals surface area contributed by atoms with Gasteiger partial charge in [0.15, 0.2) is 0 Å². The highest BCUT2D eigenvalue weighted by molar-refractivity contribution is 5.80. The van der Waals surface area contributed by atoms with Crippen LogP contribution in [0.2, 0.25) is 0 Å². The van der Waals surface area contributed by atoms with E-state index in [0.717, 1.165) is 25.0 Å². The molecule has 2 aromatic carbocycles. The van der Waals surface area contributed by atoms with E-state index in [2.05, 4.69) is 12.1 Å². The Kier molecular flexibility index (Phi) is 5.83. The maximum absolute atomic E-state index is 13.1. The number of halogens is 3. The molecule has 1 aliphatic heterocycles. The highest BCUT2D eigenvalue weighted by Gasteiger charge is 2.36. The van der Waals surface area contributed by atoms with Crippen molar-refractivity contribution in [1.82, 2.24) is 4.90 Å². The third-order valence-corrected chi connectivity index (χ3v) is 6.60. The molecule has 0 saturated carbocycles. The summed E-state index contributed by atoms with van der Waals surface area (Å²) in [6.45, 7) is 0.745. The van der Waals surface area contributed by atoms with E-state index in [-0.39, 0.29) is 23.6 Å². The zero-order valence-electron chi connectivity index (χ0n) is 17.6. The van der Waals surface area contributed by atoms with Gasteiger partial charge in [-0.05, 0) is 48.9 Å². The van der Waals surface area contributed by atoms with Crippen molar-refractivity contribution in [2.75, 3.05) is 25.0 Å². The van der Waals surface area contributed by atoms with Crippen molar-refractivity contribution in [3.8, 4) is 0 Å². The summed E-state index contributed by atoms with van der Waals surface area (Å²) in [4.78, 5) is 27.3. The van der Waals surface area contributed by atoms with E-state index in [1.807, 2.05) is 24.1 Å². The number of aryl methyl sites for hydroxylation is 1. The van der Waals surface area contributed by atoms with E-state index in [1.54, 1.807) is 4.90 Å². The molecule has 4 rings (SSSR count). The number of anilines is 1. The second-order valence-electron chi connectivity index (χ2n) is 8.42. The second kappa shape index (κ2) is 8.44. The van der Waals surface area contributed by atoms with E-state index >= 15 is 0 Å². The number of nitro benzene ring substituents is 1. The molecule has 170 valence electrons. The Morgan fingerprint density at radius 2 is 1.81 bits per heavy atom. The van der Waals surface area contributed by atoms with Crippen LogP contribution in [0.15, 0.2) is 42.5 Å². The molecule has 32 heavy (non-hydrogen) atoms. The summed E-state index contributed by atoms with van der Waals surface area (Å²) in [5.74, 6) is -0.161. The van der Waals surface area contributed by atoms with Gasteiger partial charge in [0.2, 0.25) is 5.91 Å². The van der Waals surface area contributed by atoms with E-state index in [9.17, 15) is 28.1 Å². The van der Waals surface area contributed by atoms with E-state index in [4.69, 9.17) is 0 Å². The third-order valence-electron chi connectivity index (χ3n) is 6.60. The highest BCUT2D eigenvalue weighted by atomic mass is 19.4. The molecule has 2 aromatic rings. The molecule has 1 saturated heterocycles. The Bertz CT molecular complexity index is 1030. The molecule has 0 N–H and O–H groups in total. The van der Waals surface area contributed by atoms with Crippen molar-refractivity contribution in [3.63, 3.8) is 0 Å². The predicted octanol–water partition coefficient (Wildman–Crippen LogP) is 4.98. The summed E-state index contributed by atoms with van der Waals surface area (Å²) >= 11 is 0. The van der Waals surface area contributed by atoms with Gasteiger partial charge >= 0.3 is 6.18 Å². The fourth-order valence-corrected chi connectivity index (χ4v) is 4.86. The lowest BCUT2D eigenvalue weighted by Crippen LogP contribution is -2.42. The summed E-state index contributed by atoms with van der Waals surface area (Å²) in [5.41, 5.74) is 0.996. The number of alkyl halides is 3. The first-order valence-corrected chi connectivity index (χ1v) is 10.6. The van der Waals surface area contributed by atoms with E-state index in [0.29, 0.717) is 32.0 Å². The number of nitro groups is 1. The average Bonchev–Trinajstić information content (AvgIpc) is 3.21. The first-order valence-electron chi connectivity index (χ1n) is 10.6. The van der Waals surface area contributed by atoms with Crippen LogP contribution in [0, 0.1) is 16.0 Å². The lowest BCUT2D eigenvalue weighted by molar-refractivity contribution is -0.384. The summed E-state index contributed by atoms with van der Waals surface area (Å²) in [7, 11) is 1.82. The molecule has 0 aromatic heterocycles. The van der Waals surface area contributed by atoms with Crippen LogP contribution in [0.1, 0.15) is 42.0 Å². The Balaban J connectivity index is 1.44. The summed E-state index contributed by atoms with van der Waals surface area (Å²) in [6.07, 6.45) is -1.83. The quantitative estimate of drug-likeness (QED) is 0.490. The van der Waals surface area contributed by atoms with Crippen LogP contribution in [0.25, 0.3) is 0 Å². The van der Waals surface area contributed by atoms with Crippen molar-refractivity contribution < 1.29 is 22.9 Å². The van der Waals surface area contributed by atoms with Crippen LogP contribution < -0.4 is 4.90 Å². The minimum atomic E-state index is -4.65. The number of amides is 1. The number of carbonyl (C=O) groups excluding carboxylic acids is 1. The molecule has 6 nitrogen and oxygen atoms in total. The van der Waals surface area contributed by atoms with E-state index in [1.165, 1.54) is 11.1 Å². The third kappa shape index (κ3) is 4.16. The average molecular weight is 447 g/mol. The lowest BCUT2D eigenvalue weighted by atomic mass is 9.93. The van der Waals surface area contributed by atoms with Gasteiger partial charge in [0.1, 0.15) is 5.69 Å². The van der Waals surface area contributed by atoms with Gasteiger partial charge in [-0.2, -0.15) is 13.2 Å². The maximum atomic E-state index is 13.1. The van der Waals surface area contributed by atoms with Crippen molar-refractivity contribution in [2.24, 2.45) is 5.92 Å². The van der Waals surface area contributed by atoms with Crippen molar-refractivity contribution >= 4 is 17.3 Å². The summed E-state index contributed by atoms with van der Waals surface area (Å²) in [5, 5.41) is 11.4. The second-order valence-corrected chi connectivity index (χ2v) is 8.42. The van der Waals surface area contributed by atoms with Gasteiger partial charge in [-0.15, -0.1) is 0 Å². The molecule has 0 radical (unpaired) electrons. The van der Waals surface area contributed by atoms with Gasteiger partial charge in [-0.25, -0.2) is 0 Å². The first-order chi connectivity index (χ1) is 15.2. The smallest absolute Gasteiger partial charge is 0.366 e. The zero-order valence-corrected chi connectivity index (χ0v) is 17.6. The minimum absolute atomic E-state index is 0.0488. The van der Waals surface area contributed by atoms with Crippen LogP contribution in [0.4, 0.5) is 24.5 Å². The van der Waals surface area contributed by atoms with Gasteiger partial charge < -0.3 is 9.80 Å². The van der Waals surface area contributed by atoms with Crippen molar-refractivity contribution in [2.45, 2.75) is 37.9 Å². The van der Waals surface area contributed by atoms with Gasteiger partial charge in [0, 0.05) is 32.1 Å².